The smallest absolute Gasteiger partial charge is 0.339 e. The van der Waals surface area contributed by atoms with Gasteiger partial charge >= 0.3 is 5.97 Å². The van der Waals surface area contributed by atoms with Gasteiger partial charge in [-0.05, 0) is 39.8 Å². The number of ether oxygens (including phenoxy) is 1. The maximum absolute atomic E-state index is 11.8. The van der Waals surface area contributed by atoms with E-state index in [2.05, 4.69) is 18.4 Å². The number of aliphatic hydroxyl groups excluding tert-OH is 1. The summed E-state index contributed by atoms with van der Waals surface area (Å²) in [6, 6.07) is 6.29. The first-order chi connectivity index (χ1) is 9.45. The summed E-state index contributed by atoms with van der Waals surface area (Å²) >= 11 is 0. The van der Waals surface area contributed by atoms with Gasteiger partial charge in [-0.25, -0.2) is 4.79 Å². The van der Waals surface area contributed by atoms with Gasteiger partial charge in [0.25, 0.3) is 0 Å². The van der Waals surface area contributed by atoms with E-state index in [4.69, 9.17) is 4.74 Å². The first kappa shape index (κ1) is 14.6. The van der Waals surface area contributed by atoms with Crippen molar-refractivity contribution in [1.29, 1.82) is 0 Å². The lowest BCUT2D eigenvalue weighted by molar-refractivity contribution is -0.153. The minimum atomic E-state index is -1.24. The number of fused-ring (bicyclic) bond motifs is 1. The van der Waals surface area contributed by atoms with Gasteiger partial charge in [0.05, 0.1) is 6.61 Å². The van der Waals surface area contributed by atoms with Crippen LogP contribution in [0.2, 0.25) is 0 Å². The Bertz CT molecular complexity index is 628. The number of hydrogen-bond donors (Lipinski definition) is 1. The number of aliphatic hydroxyl groups is 1. The third-order valence-electron chi connectivity index (χ3n) is 3.38. The second kappa shape index (κ2) is 5.67. The van der Waals surface area contributed by atoms with E-state index in [-0.39, 0.29) is 12.6 Å². The maximum Gasteiger partial charge on any atom is 0.339 e. The number of aromatic nitrogens is 1. The zero-order valence-corrected chi connectivity index (χ0v) is 12.4. The molecule has 0 aliphatic carbocycles. The molecule has 1 N–H and O–H groups in total. The van der Waals surface area contributed by atoms with Crippen molar-refractivity contribution < 1.29 is 14.6 Å². The van der Waals surface area contributed by atoms with Crippen molar-refractivity contribution in [3.05, 3.63) is 35.5 Å². The van der Waals surface area contributed by atoms with Crippen LogP contribution in [-0.4, -0.2) is 22.2 Å². The Morgan fingerprint density at radius 2 is 2.10 bits per heavy atom. The SMILES string of the molecule is CCOC(=O)C(O)c1cn(C(C)C)c2ccc(C)cc12. The molecule has 0 spiro atoms. The molecule has 4 nitrogen and oxygen atoms in total. The molecule has 1 aromatic heterocycles. The monoisotopic (exact) mass is 275 g/mol. The van der Waals surface area contributed by atoms with Crippen molar-refractivity contribution in [2.24, 2.45) is 0 Å². The first-order valence-corrected chi connectivity index (χ1v) is 6.91. The van der Waals surface area contributed by atoms with Gasteiger partial charge in [0.2, 0.25) is 0 Å². The van der Waals surface area contributed by atoms with Crippen molar-refractivity contribution in [3.8, 4) is 0 Å². The number of carbonyl (C=O) groups is 1. The van der Waals surface area contributed by atoms with E-state index < -0.39 is 12.1 Å². The molecule has 20 heavy (non-hydrogen) atoms. The number of esters is 1. The number of aryl methyl sites for hydroxylation is 1. The highest BCUT2D eigenvalue weighted by Gasteiger charge is 2.24. The maximum atomic E-state index is 11.8. The lowest BCUT2D eigenvalue weighted by Crippen LogP contribution is -2.15. The fourth-order valence-corrected chi connectivity index (χ4v) is 2.39. The van der Waals surface area contributed by atoms with E-state index in [1.54, 1.807) is 6.92 Å². The highest BCUT2D eigenvalue weighted by Crippen LogP contribution is 2.30. The summed E-state index contributed by atoms with van der Waals surface area (Å²) < 4.78 is 6.97. The highest BCUT2D eigenvalue weighted by molar-refractivity contribution is 5.90. The van der Waals surface area contributed by atoms with Crippen LogP contribution in [0.15, 0.2) is 24.4 Å². The van der Waals surface area contributed by atoms with E-state index in [9.17, 15) is 9.90 Å². The van der Waals surface area contributed by atoms with E-state index >= 15 is 0 Å². The molecule has 0 saturated carbocycles. The predicted octanol–water partition coefficient (Wildman–Crippen LogP) is 3.13. The summed E-state index contributed by atoms with van der Waals surface area (Å²) in [5, 5.41) is 11.1. The third-order valence-corrected chi connectivity index (χ3v) is 3.38. The molecule has 2 rings (SSSR count). The van der Waals surface area contributed by atoms with Crippen LogP contribution in [0.1, 0.15) is 44.0 Å². The predicted molar refractivity (Wildman–Crippen MR) is 78.7 cm³/mol. The average molecular weight is 275 g/mol. The molecular formula is C16H21NO3. The van der Waals surface area contributed by atoms with Gasteiger partial charge in [-0.3, -0.25) is 0 Å². The summed E-state index contributed by atoms with van der Waals surface area (Å²) in [6.45, 7) is 8.12. The lowest BCUT2D eigenvalue weighted by atomic mass is 10.1. The number of benzene rings is 1. The van der Waals surface area contributed by atoms with Gasteiger partial charge < -0.3 is 14.4 Å². The van der Waals surface area contributed by atoms with Crippen molar-refractivity contribution in [3.63, 3.8) is 0 Å². The summed E-state index contributed by atoms with van der Waals surface area (Å²) in [4.78, 5) is 11.8. The normalized spacial score (nSPS) is 12.9. The quantitative estimate of drug-likeness (QED) is 0.872. The van der Waals surface area contributed by atoms with Crippen LogP contribution in [0.25, 0.3) is 10.9 Å². The molecule has 0 saturated heterocycles. The third kappa shape index (κ3) is 2.56. The minimum absolute atomic E-state index is 0.253. The molecule has 1 unspecified atom stereocenters. The molecule has 0 aliphatic heterocycles. The molecular weight excluding hydrogens is 254 g/mol. The van der Waals surface area contributed by atoms with Crippen molar-refractivity contribution >= 4 is 16.9 Å². The van der Waals surface area contributed by atoms with Crippen molar-refractivity contribution in [1.82, 2.24) is 4.57 Å². The second-order valence-electron chi connectivity index (χ2n) is 5.26. The fourth-order valence-electron chi connectivity index (χ4n) is 2.39. The minimum Gasteiger partial charge on any atom is -0.464 e. The van der Waals surface area contributed by atoms with Crippen molar-refractivity contribution in [2.75, 3.05) is 6.61 Å². The van der Waals surface area contributed by atoms with Crippen molar-refractivity contribution in [2.45, 2.75) is 39.8 Å². The molecule has 1 atom stereocenters. The van der Waals surface area contributed by atoms with Crippen LogP contribution in [0.4, 0.5) is 0 Å². The van der Waals surface area contributed by atoms with Crippen LogP contribution in [0, 0.1) is 6.92 Å². The summed E-state index contributed by atoms with van der Waals surface area (Å²) in [7, 11) is 0. The van der Waals surface area contributed by atoms with E-state index in [1.165, 1.54) is 0 Å². The van der Waals surface area contributed by atoms with Gasteiger partial charge in [-0.2, -0.15) is 0 Å². The highest BCUT2D eigenvalue weighted by atomic mass is 16.5. The van der Waals surface area contributed by atoms with Gasteiger partial charge in [0.15, 0.2) is 6.10 Å². The van der Waals surface area contributed by atoms with Gasteiger partial charge in [0, 0.05) is 28.7 Å². The topological polar surface area (TPSA) is 51.5 Å². The fraction of sp³-hybridized carbons (Fsp3) is 0.438. The molecule has 0 bridgehead atoms. The number of rotatable bonds is 4. The Kier molecular flexibility index (Phi) is 4.14. The Balaban J connectivity index is 2.57. The molecule has 1 aromatic carbocycles. The van der Waals surface area contributed by atoms with Gasteiger partial charge in [-0.15, -0.1) is 0 Å². The van der Waals surface area contributed by atoms with E-state index in [1.807, 2.05) is 31.3 Å². The summed E-state index contributed by atoms with van der Waals surface area (Å²) in [6.07, 6.45) is 0.607. The molecule has 4 heteroatoms. The molecule has 108 valence electrons. The van der Waals surface area contributed by atoms with Gasteiger partial charge in [0.1, 0.15) is 0 Å². The standard InChI is InChI=1S/C16H21NO3/c1-5-20-16(19)15(18)13-9-17(10(2)3)14-7-6-11(4)8-12(13)14/h6-10,15,18H,5H2,1-4H3. The molecule has 1 heterocycles. The number of nitrogens with zero attached hydrogens (tertiary/aromatic N) is 1. The zero-order valence-electron chi connectivity index (χ0n) is 12.4. The van der Waals surface area contributed by atoms with Crippen LogP contribution in [0.3, 0.4) is 0 Å². The van der Waals surface area contributed by atoms with Crippen LogP contribution >= 0.6 is 0 Å². The van der Waals surface area contributed by atoms with Gasteiger partial charge in [-0.1, -0.05) is 11.6 Å². The Morgan fingerprint density at radius 1 is 1.40 bits per heavy atom. The number of carbonyl (C=O) groups excluding carboxylic acids is 1. The second-order valence-corrected chi connectivity index (χ2v) is 5.26. The molecule has 0 amide bonds. The average Bonchev–Trinajstić information content (AvgIpc) is 2.76. The molecule has 0 aliphatic rings. The lowest BCUT2D eigenvalue weighted by Gasteiger charge is -2.09. The molecule has 2 aromatic rings. The molecule has 0 radical (unpaired) electrons. The first-order valence-electron chi connectivity index (χ1n) is 6.91. The van der Waals surface area contributed by atoms with Crippen LogP contribution < -0.4 is 0 Å². The van der Waals surface area contributed by atoms with Crippen LogP contribution in [0.5, 0.6) is 0 Å². The largest absolute Gasteiger partial charge is 0.464 e. The Morgan fingerprint density at radius 3 is 2.70 bits per heavy atom. The Hall–Kier alpha value is -1.81. The summed E-state index contributed by atoms with van der Waals surface area (Å²) in [5.74, 6) is -0.600. The van der Waals surface area contributed by atoms with Crippen LogP contribution in [-0.2, 0) is 9.53 Å². The summed E-state index contributed by atoms with van der Waals surface area (Å²) in [5.41, 5.74) is 2.72. The van der Waals surface area contributed by atoms with E-state index in [0.717, 1.165) is 16.5 Å². The Labute approximate surface area is 119 Å². The zero-order chi connectivity index (χ0) is 14.9. The van der Waals surface area contributed by atoms with E-state index in [0.29, 0.717) is 5.56 Å². The number of hydrogen-bond acceptors (Lipinski definition) is 3. The molecule has 0 fully saturated rings.